The molecule has 0 aliphatic carbocycles. The van der Waals surface area contributed by atoms with E-state index >= 15 is 0 Å². The molecule has 1 heterocycles. The Bertz CT molecular complexity index is 1270. The van der Waals surface area contributed by atoms with Gasteiger partial charge in [0.05, 0.1) is 16.6 Å². The largest absolute Gasteiger partial charge is 0.416 e. The van der Waals surface area contributed by atoms with Crippen molar-refractivity contribution in [3.05, 3.63) is 82.9 Å². The summed E-state index contributed by atoms with van der Waals surface area (Å²) in [6, 6.07) is 12.0. The Morgan fingerprint density at radius 1 is 1.03 bits per heavy atom. The van der Waals surface area contributed by atoms with Gasteiger partial charge < -0.3 is 10.3 Å². The van der Waals surface area contributed by atoms with Crippen LogP contribution in [-0.4, -0.2) is 10.5 Å². The number of carbonyl (C=O) groups is 1. The van der Waals surface area contributed by atoms with Crippen molar-refractivity contribution in [1.82, 2.24) is 4.57 Å². The van der Waals surface area contributed by atoms with Crippen LogP contribution in [0.15, 0.2) is 48.5 Å². The van der Waals surface area contributed by atoms with Gasteiger partial charge in [-0.1, -0.05) is 6.07 Å². The number of amides is 1. The molecule has 0 unspecified atom stereocenters. The summed E-state index contributed by atoms with van der Waals surface area (Å²) in [6.45, 7) is -0.136. The average Bonchev–Trinajstić information content (AvgIpc) is 2.93. The summed E-state index contributed by atoms with van der Waals surface area (Å²) in [7, 11) is 0. The van der Waals surface area contributed by atoms with Crippen molar-refractivity contribution in [2.75, 3.05) is 0 Å². The fraction of sp³-hybridized carbons (Fsp3) is 0.0952. The topological polar surface area (TPSA) is 48.0 Å². The minimum absolute atomic E-state index is 0.0601. The van der Waals surface area contributed by atoms with E-state index in [2.05, 4.69) is 6.07 Å². The van der Waals surface area contributed by atoms with Gasteiger partial charge in [0.15, 0.2) is 0 Å². The summed E-state index contributed by atoms with van der Waals surface area (Å²) in [4.78, 5) is 11.8. The molecule has 1 radical (unpaired) electrons. The summed E-state index contributed by atoms with van der Waals surface area (Å²) >= 11 is 0. The van der Waals surface area contributed by atoms with Crippen LogP contribution in [0, 0.1) is 17.7 Å². The molecule has 8 heteroatoms. The van der Waals surface area contributed by atoms with Crippen LogP contribution < -0.4 is 5.73 Å². The molecule has 147 valence electrons. The van der Waals surface area contributed by atoms with E-state index in [9.17, 15) is 26.7 Å². The molecule has 0 aliphatic rings. The number of carbonyl (C=O) groups excluding carboxylic acids is 1. The normalized spacial score (nSPS) is 12.0. The maximum Gasteiger partial charge on any atom is 0.416 e. The Labute approximate surface area is 161 Å². The highest BCUT2D eigenvalue weighted by molar-refractivity contribution is 6.17. The third-order valence-corrected chi connectivity index (χ3v) is 4.65. The number of aromatic nitrogens is 1. The number of halogens is 5. The molecule has 1 aromatic heterocycles. The van der Waals surface area contributed by atoms with Gasteiger partial charge in [-0.25, -0.2) is 8.78 Å². The SMILES string of the molecule is NC(=O)c1cccc2c1c1[c]c(F)ccc1n2Cc1cc(F)cc(C(F)(F)F)c1. The zero-order chi connectivity index (χ0) is 20.9. The maximum atomic E-state index is 13.8. The van der Waals surface area contributed by atoms with Crippen LogP contribution in [0.1, 0.15) is 21.5 Å². The third-order valence-electron chi connectivity index (χ3n) is 4.65. The molecule has 2 N–H and O–H groups in total. The van der Waals surface area contributed by atoms with Crippen molar-refractivity contribution in [2.45, 2.75) is 12.7 Å². The molecule has 0 saturated carbocycles. The van der Waals surface area contributed by atoms with E-state index in [-0.39, 0.29) is 23.1 Å². The average molecular weight is 403 g/mol. The van der Waals surface area contributed by atoms with Crippen molar-refractivity contribution in [1.29, 1.82) is 0 Å². The molecule has 1 amide bonds. The monoisotopic (exact) mass is 403 g/mol. The van der Waals surface area contributed by atoms with E-state index in [4.69, 9.17) is 5.73 Å². The van der Waals surface area contributed by atoms with E-state index in [1.807, 2.05) is 0 Å². The zero-order valence-corrected chi connectivity index (χ0v) is 14.6. The molecule has 3 nitrogen and oxygen atoms in total. The fourth-order valence-corrected chi connectivity index (χ4v) is 3.50. The minimum Gasteiger partial charge on any atom is -0.366 e. The number of nitrogens with zero attached hydrogens (tertiary/aromatic N) is 1. The Morgan fingerprint density at radius 2 is 1.79 bits per heavy atom. The molecule has 4 rings (SSSR count). The van der Waals surface area contributed by atoms with Crippen molar-refractivity contribution >= 4 is 27.7 Å². The quantitative estimate of drug-likeness (QED) is 0.479. The van der Waals surface area contributed by atoms with Gasteiger partial charge >= 0.3 is 6.18 Å². The van der Waals surface area contributed by atoms with Crippen molar-refractivity contribution in [3.8, 4) is 0 Å². The smallest absolute Gasteiger partial charge is 0.366 e. The van der Waals surface area contributed by atoms with Gasteiger partial charge in [-0.15, -0.1) is 0 Å². The van der Waals surface area contributed by atoms with E-state index in [0.717, 1.165) is 18.2 Å². The van der Waals surface area contributed by atoms with Crippen LogP contribution in [-0.2, 0) is 12.7 Å². The molecule has 0 saturated heterocycles. The lowest BCUT2D eigenvalue weighted by Crippen LogP contribution is -2.11. The molecule has 29 heavy (non-hydrogen) atoms. The zero-order valence-electron chi connectivity index (χ0n) is 14.6. The van der Waals surface area contributed by atoms with Gasteiger partial charge in [-0.3, -0.25) is 4.79 Å². The second-order valence-corrected chi connectivity index (χ2v) is 6.56. The number of hydrogen-bond donors (Lipinski definition) is 1. The summed E-state index contributed by atoms with van der Waals surface area (Å²) in [6.07, 6.45) is -4.70. The first-order valence-electron chi connectivity index (χ1n) is 8.44. The molecule has 0 spiro atoms. The second-order valence-electron chi connectivity index (χ2n) is 6.56. The van der Waals surface area contributed by atoms with Crippen LogP contribution in [0.5, 0.6) is 0 Å². The number of hydrogen-bond acceptors (Lipinski definition) is 1. The predicted molar refractivity (Wildman–Crippen MR) is 97.3 cm³/mol. The first-order valence-corrected chi connectivity index (χ1v) is 8.44. The molecule has 4 aromatic rings. The number of rotatable bonds is 3. The number of primary amides is 1. The molecule has 3 aromatic carbocycles. The van der Waals surface area contributed by atoms with Gasteiger partial charge in [0.1, 0.15) is 11.6 Å². The van der Waals surface area contributed by atoms with E-state index in [0.29, 0.717) is 22.5 Å². The highest BCUT2D eigenvalue weighted by Gasteiger charge is 2.31. The van der Waals surface area contributed by atoms with Crippen LogP contribution in [0.2, 0.25) is 0 Å². The maximum absolute atomic E-state index is 13.8. The summed E-state index contributed by atoms with van der Waals surface area (Å²) in [5, 5.41) is 0.601. The highest BCUT2D eigenvalue weighted by Crippen LogP contribution is 2.34. The Hall–Kier alpha value is -3.42. The van der Waals surface area contributed by atoms with Crippen LogP contribution in [0.3, 0.4) is 0 Å². The Balaban J connectivity index is 1.98. The van der Waals surface area contributed by atoms with Gasteiger partial charge in [0, 0.05) is 28.9 Å². The van der Waals surface area contributed by atoms with Crippen molar-refractivity contribution in [3.63, 3.8) is 0 Å². The number of benzene rings is 3. The van der Waals surface area contributed by atoms with Crippen molar-refractivity contribution in [2.24, 2.45) is 5.73 Å². The molecular formula is C21H12F5N2O. The molecule has 0 bridgehead atoms. The second kappa shape index (κ2) is 6.58. The lowest BCUT2D eigenvalue weighted by molar-refractivity contribution is -0.137. The van der Waals surface area contributed by atoms with Gasteiger partial charge in [-0.05, 0) is 48.0 Å². The fourth-order valence-electron chi connectivity index (χ4n) is 3.50. The lowest BCUT2D eigenvalue weighted by atomic mass is 10.1. The minimum atomic E-state index is -4.70. The van der Waals surface area contributed by atoms with E-state index in [1.54, 1.807) is 16.7 Å². The first kappa shape index (κ1) is 18.9. The van der Waals surface area contributed by atoms with Crippen LogP contribution in [0.4, 0.5) is 22.0 Å². The van der Waals surface area contributed by atoms with E-state index in [1.165, 1.54) is 12.1 Å². The van der Waals surface area contributed by atoms with Crippen molar-refractivity contribution < 1.29 is 26.7 Å². The molecule has 0 atom stereocenters. The van der Waals surface area contributed by atoms with Gasteiger partial charge in [-0.2, -0.15) is 13.2 Å². The van der Waals surface area contributed by atoms with E-state index < -0.39 is 29.3 Å². The predicted octanol–water partition coefficient (Wildman–Crippen LogP) is 5.04. The highest BCUT2D eigenvalue weighted by atomic mass is 19.4. The Kier molecular flexibility index (Phi) is 4.29. The van der Waals surface area contributed by atoms with Crippen LogP contribution in [0.25, 0.3) is 21.8 Å². The third kappa shape index (κ3) is 3.30. The molecule has 0 aliphatic heterocycles. The lowest BCUT2D eigenvalue weighted by Gasteiger charge is -2.12. The van der Waals surface area contributed by atoms with Gasteiger partial charge in [0.25, 0.3) is 0 Å². The number of alkyl halides is 3. The molecule has 0 fully saturated rings. The summed E-state index contributed by atoms with van der Waals surface area (Å²) < 4.78 is 68.3. The number of nitrogens with two attached hydrogens (primary N) is 1. The van der Waals surface area contributed by atoms with Gasteiger partial charge in [0.2, 0.25) is 5.91 Å². The first-order chi connectivity index (χ1) is 13.6. The number of fused-ring (bicyclic) bond motifs is 3. The standard InChI is InChI=1S/C21H12F5N2O/c22-13-4-5-17-16(9-13)19-15(20(27)29)2-1-3-18(19)28(17)10-11-6-12(21(24,25)26)8-14(23)7-11/h1-8H,10H2,(H2,27,29). The summed E-state index contributed by atoms with van der Waals surface area (Å²) in [5.41, 5.74) is 5.37. The Morgan fingerprint density at radius 3 is 2.48 bits per heavy atom. The summed E-state index contributed by atoms with van der Waals surface area (Å²) in [5.74, 6) is -2.43. The molecular weight excluding hydrogens is 391 g/mol. The van der Waals surface area contributed by atoms with Crippen LogP contribution >= 0.6 is 0 Å².